The standard InChI is InChI=1S/C35H42O6/c1-3-29-20-13-21-30(36)32(29)41-35-34(39-24-28-18-11-6-12-19-28)33(38-23-27-16-9-5-10-17-27)31(25(2)40-35)37-22-26-14-7-4-8-15-26/h3-12,14-19,25,29-36H,1,13,20-24H2,2H3/t25-,29-,30+,31+,32+,33+,34-,35-/m0/s1. The predicted octanol–water partition coefficient (Wildman–Crippen LogP) is 6.22. The summed E-state index contributed by atoms with van der Waals surface area (Å²) in [4.78, 5) is 0. The second kappa shape index (κ2) is 14.9. The molecule has 1 heterocycles. The summed E-state index contributed by atoms with van der Waals surface area (Å²) in [7, 11) is 0. The molecular formula is C35H42O6. The van der Waals surface area contributed by atoms with Crippen molar-refractivity contribution >= 4 is 0 Å². The van der Waals surface area contributed by atoms with E-state index in [4.69, 9.17) is 23.7 Å². The number of hydrogen-bond acceptors (Lipinski definition) is 6. The van der Waals surface area contributed by atoms with Gasteiger partial charge in [-0.05, 0) is 36.5 Å². The molecule has 41 heavy (non-hydrogen) atoms. The lowest BCUT2D eigenvalue weighted by Crippen LogP contribution is -2.61. The third-order valence-corrected chi connectivity index (χ3v) is 8.02. The summed E-state index contributed by atoms with van der Waals surface area (Å²) in [5, 5.41) is 10.9. The number of aliphatic hydroxyl groups excluding tert-OH is 1. The van der Waals surface area contributed by atoms with E-state index >= 15 is 0 Å². The monoisotopic (exact) mass is 558 g/mol. The van der Waals surface area contributed by atoms with Crippen LogP contribution in [0.4, 0.5) is 0 Å². The fourth-order valence-electron chi connectivity index (χ4n) is 5.75. The van der Waals surface area contributed by atoms with Crippen molar-refractivity contribution in [2.24, 2.45) is 5.92 Å². The van der Waals surface area contributed by atoms with Gasteiger partial charge in [0.1, 0.15) is 18.3 Å². The highest BCUT2D eigenvalue weighted by atomic mass is 16.7. The first-order valence-electron chi connectivity index (χ1n) is 14.7. The predicted molar refractivity (Wildman–Crippen MR) is 158 cm³/mol. The van der Waals surface area contributed by atoms with E-state index in [1.807, 2.05) is 104 Å². The Balaban J connectivity index is 1.42. The van der Waals surface area contributed by atoms with E-state index in [0.717, 1.165) is 29.5 Å². The van der Waals surface area contributed by atoms with Gasteiger partial charge in [0.05, 0.1) is 38.1 Å². The molecule has 0 spiro atoms. The lowest BCUT2D eigenvalue weighted by atomic mass is 9.84. The Bertz CT molecular complexity index is 1170. The molecule has 0 bridgehead atoms. The van der Waals surface area contributed by atoms with Crippen LogP contribution in [0.2, 0.25) is 0 Å². The van der Waals surface area contributed by atoms with Crippen molar-refractivity contribution in [3.05, 3.63) is 120 Å². The number of ether oxygens (including phenoxy) is 5. The van der Waals surface area contributed by atoms with Crippen molar-refractivity contribution in [1.82, 2.24) is 0 Å². The van der Waals surface area contributed by atoms with Gasteiger partial charge < -0.3 is 28.8 Å². The van der Waals surface area contributed by atoms with Gasteiger partial charge in [0.25, 0.3) is 0 Å². The van der Waals surface area contributed by atoms with Crippen molar-refractivity contribution in [2.75, 3.05) is 0 Å². The molecule has 1 aliphatic carbocycles. The number of rotatable bonds is 12. The average Bonchev–Trinajstić information content (AvgIpc) is 3.01. The van der Waals surface area contributed by atoms with Gasteiger partial charge in [0.15, 0.2) is 6.29 Å². The smallest absolute Gasteiger partial charge is 0.187 e. The summed E-state index contributed by atoms with van der Waals surface area (Å²) in [5.74, 6) is 0.0307. The maximum absolute atomic E-state index is 10.9. The molecule has 0 unspecified atom stereocenters. The Morgan fingerprint density at radius 2 is 1.20 bits per heavy atom. The molecule has 0 amide bonds. The van der Waals surface area contributed by atoms with E-state index in [9.17, 15) is 5.11 Å². The fourth-order valence-corrected chi connectivity index (χ4v) is 5.75. The molecule has 5 rings (SSSR count). The van der Waals surface area contributed by atoms with Gasteiger partial charge in [0.2, 0.25) is 0 Å². The molecule has 6 nitrogen and oxygen atoms in total. The van der Waals surface area contributed by atoms with Crippen molar-refractivity contribution in [3.8, 4) is 0 Å². The second-order valence-electron chi connectivity index (χ2n) is 11.0. The zero-order valence-electron chi connectivity index (χ0n) is 23.8. The van der Waals surface area contributed by atoms with Gasteiger partial charge in [-0.1, -0.05) is 103 Å². The van der Waals surface area contributed by atoms with Crippen LogP contribution in [-0.2, 0) is 43.5 Å². The molecule has 1 saturated carbocycles. The zero-order valence-corrected chi connectivity index (χ0v) is 23.8. The summed E-state index contributed by atoms with van der Waals surface area (Å²) in [5.41, 5.74) is 3.16. The second-order valence-corrected chi connectivity index (χ2v) is 11.0. The van der Waals surface area contributed by atoms with Crippen LogP contribution in [0.5, 0.6) is 0 Å². The Morgan fingerprint density at radius 3 is 1.71 bits per heavy atom. The van der Waals surface area contributed by atoms with Gasteiger partial charge in [-0.3, -0.25) is 0 Å². The van der Waals surface area contributed by atoms with Crippen LogP contribution in [0.3, 0.4) is 0 Å². The lowest BCUT2D eigenvalue weighted by molar-refractivity contribution is -0.337. The molecule has 3 aromatic carbocycles. The Morgan fingerprint density at radius 1 is 0.707 bits per heavy atom. The maximum Gasteiger partial charge on any atom is 0.187 e. The van der Waals surface area contributed by atoms with Crippen molar-refractivity contribution in [1.29, 1.82) is 0 Å². The highest BCUT2D eigenvalue weighted by Gasteiger charge is 2.49. The quantitative estimate of drug-likeness (QED) is 0.266. The zero-order chi connectivity index (χ0) is 28.4. The average molecular weight is 559 g/mol. The molecule has 3 aromatic rings. The molecule has 218 valence electrons. The number of aliphatic hydroxyl groups is 1. The molecule has 6 heteroatoms. The minimum absolute atomic E-state index is 0.0307. The lowest BCUT2D eigenvalue weighted by Gasteiger charge is -2.47. The van der Waals surface area contributed by atoms with E-state index in [1.54, 1.807) is 0 Å². The van der Waals surface area contributed by atoms with E-state index in [2.05, 4.69) is 6.58 Å². The molecule has 1 aliphatic heterocycles. The molecule has 8 atom stereocenters. The van der Waals surface area contributed by atoms with Crippen LogP contribution in [0.15, 0.2) is 104 Å². The number of benzene rings is 3. The molecule has 1 saturated heterocycles. The largest absolute Gasteiger partial charge is 0.390 e. The summed E-state index contributed by atoms with van der Waals surface area (Å²) in [6.07, 6.45) is 0.786. The summed E-state index contributed by atoms with van der Waals surface area (Å²) >= 11 is 0. The summed E-state index contributed by atoms with van der Waals surface area (Å²) in [6.45, 7) is 7.16. The molecule has 2 fully saturated rings. The van der Waals surface area contributed by atoms with Crippen molar-refractivity contribution in [2.45, 2.75) is 88.9 Å². The Labute approximate surface area is 243 Å². The molecule has 2 aliphatic rings. The van der Waals surface area contributed by atoms with Crippen LogP contribution in [0.25, 0.3) is 0 Å². The third kappa shape index (κ3) is 7.92. The van der Waals surface area contributed by atoms with E-state index in [0.29, 0.717) is 26.2 Å². The van der Waals surface area contributed by atoms with Crippen LogP contribution in [-0.4, -0.2) is 48.0 Å². The Hall–Kier alpha value is -2.84. The SMILES string of the molecule is C=C[C@H]1CCC[C@@H](O)[C@@H]1O[C@@H]1O[C@@H](C)[C@@H](OCc2ccccc2)[C@@H](OCc2ccccc2)[C@@H]1OCc1ccccc1. The van der Waals surface area contributed by atoms with Gasteiger partial charge in [-0.15, -0.1) is 6.58 Å². The fraction of sp³-hybridized carbons (Fsp3) is 0.429. The Kier molecular flexibility index (Phi) is 10.8. The topological polar surface area (TPSA) is 66.4 Å². The first-order chi connectivity index (χ1) is 20.1. The van der Waals surface area contributed by atoms with Gasteiger partial charge in [-0.2, -0.15) is 0 Å². The van der Waals surface area contributed by atoms with E-state index < -0.39 is 36.8 Å². The molecule has 0 radical (unpaired) electrons. The van der Waals surface area contributed by atoms with Crippen molar-refractivity contribution < 1.29 is 28.8 Å². The highest BCUT2D eigenvalue weighted by Crippen LogP contribution is 2.35. The van der Waals surface area contributed by atoms with Crippen LogP contribution in [0.1, 0.15) is 42.9 Å². The normalized spacial score (nSPS) is 30.1. The first-order valence-corrected chi connectivity index (χ1v) is 14.7. The van der Waals surface area contributed by atoms with Gasteiger partial charge in [0, 0.05) is 5.92 Å². The number of hydrogen-bond donors (Lipinski definition) is 1. The van der Waals surface area contributed by atoms with E-state index in [-0.39, 0.29) is 12.0 Å². The van der Waals surface area contributed by atoms with Gasteiger partial charge >= 0.3 is 0 Å². The summed E-state index contributed by atoms with van der Waals surface area (Å²) < 4.78 is 32.9. The molecular weight excluding hydrogens is 516 g/mol. The molecule has 0 aromatic heterocycles. The van der Waals surface area contributed by atoms with Crippen LogP contribution in [0, 0.1) is 5.92 Å². The summed E-state index contributed by atoms with van der Waals surface area (Å²) in [6, 6.07) is 30.2. The van der Waals surface area contributed by atoms with Gasteiger partial charge in [-0.25, -0.2) is 0 Å². The highest BCUT2D eigenvalue weighted by molar-refractivity contribution is 5.15. The molecule has 1 N–H and O–H groups in total. The minimum atomic E-state index is -0.758. The van der Waals surface area contributed by atoms with Crippen LogP contribution >= 0.6 is 0 Å². The minimum Gasteiger partial charge on any atom is -0.390 e. The first kappa shape index (κ1) is 29.6. The van der Waals surface area contributed by atoms with E-state index in [1.165, 1.54) is 0 Å². The van der Waals surface area contributed by atoms with Crippen LogP contribution < -0.4 is 0 Å². The maximum atomic E-state index is 10.9. The van der Waals surface area contributed by atoms with Crippen molar-refractivity contribution in [3.63, 3.8) is 0 Å². The third-order valence-electron chi connectivity index (χ3n) is 8.02.